The van der Waals surface area contributed by atoms with Gasteiger partial charge in [-0.05, 0) is 41.7 Å². The summed E-state index contributed by atoms with van der Waals surface area (Å²) in [6.45, 7) is 0.742. The van der Waals surface area contributed by atoms with Gasteiger partial charge in [0.1, 0.15) is 0 Å². The summed E-state index contributed by atoms with van der Waals surface area (Å²) in [6, 6.07) is 39.1. The average molecular weight is 498 g/mol. The van der Waals surface area contributed by atoms with Gasteiger partial charge in [-0.1, -0.05) is 109 Å². The van der Waals surface area contributed by atoms with Gasteiger partial charge in [-0.15, -0.1) is 0 Å². The van der Waals surface area contributed by atoms with E-state index in [0.717, 1.165) is 36.1 Å². The fourth-order valence-corrected chi connectivity index (χ4v) is 7.14. The van der Waals surface area contributed by atoms with Crippen LogP contribution in [0.5, 0.6) is 0 Å². The van der Waals surface area contributed by atoms with Crippen LogP contribution in [-0.2, 0) is 15.4 Å². The highest BCUT2D eigenvalue weighted by atomic mass is 32.2. The summed E-state index contributed by atoms with van der Waals surface area (Å²) in [7, 11) is -3.64. The lowest BCUT2D eigenvalue weighted by molar-refractivity contribution is 0.0451. The van der Waals surface area contributed by atoms with E-state index in [-0.39, 0.29) is 16.7 Å². The molecule has 0 spiro atoms. The Balaban J connectivity index is 1.64. The molecule has 1 N–H and O–H groups in total. The minimum absolute atomic E-state index is 0.244. The van der Waals surface area contributed by atoms with Crippen LogP contribution < -0.4 is 0 Å². The highest BCUT2D eigenvalue weighted by Crippen LogP contribution is 2.46. The minimum atomic E-state index is -3.64. The summed E-state index contributed by atoms with van der Waals surface area (Å²) in [5.74, 6) is -0.313. The van der Waals surface area contributed by atoms with Gasteiger partial charge >= 0.3 is 0 Å². The van der Waals surface area contributed by atoms with Crippen LogP contribution in [0.2, 0.25) is 0 Å². The Hall–Kier alpha value is -3.25. The Morgan fingerprint density at radius 3 is 1.58 bits per heavy atom. The molecule has 1 aliphatic rings. The smallest absolute Gasteiger partial charge is 0.180 e. The fourth-order valence-electron chi connectivity index (χ4n) is 5.70. The SMILES string of the molecule is O=S(=O)(CC(O)[C@@H]1CCCN1C(c1ccccc1)(c1ccccc1)c1ccccc1)c1ccccc1. The second kappa shape index (κ2) is 10.4. The molecule has 1 unspecified atom stereocenters. The summed E-state index contributed by atoms with van der Waals surface area (Å²) in [4.78, 5) is 2.58. The Labute approximate surface area is 213 Å². The number of sulfone groups is 1. The lowest BCUT2D eigenvalue weighted by atomic mass is 9.75. The van der Waals surface area contributed by atoms with Crippen LogP contribution in [0.3, 0.4) is 0 Å². The van der Waals surface area contributed by atoms with Gasteiger partial charge in [0.15, 0.2) is 9.84 Å². The molecule has 4 aromatic carbocycles. The number of nitrogens with zero attached hydrogens (tertiary/aromatic N) is 1. The van der Waals surface area contributed by atoms with Crippen LogP contribution in [0, 0.1) is 0 Å². The Kier molecular flexibility index (Phi) is 7.06. The Bertz CT molecular complexity index is 1260. The molecule has 0 amide bonds. The topological polar surface area (TPSA) is 57.6 Å². The zero-order valence-electron chi connectivity index (χ0n) is 20.1. The van der Waals surface area contributed by atoms with Gasteiger partial charge in [0.2, 0.25) is 0 Å². The Morgan fingerprint density at radius 1 is 0.722 bits per heavy atom. The lowest BCUT2D eigenvalue weighted by Gasteiger charge is -2.47. The number of rotatable bonds is 8. The van der Waals surface area contributed by atoms with E-state index in [4.69, 9.17) is 0 Å². The number of benzene rings is 4. The van der Waals surface area contributed by atoms with Crippen molar-refractivity contribution in [3.8, 4) is 0 Å². The maximum atomic E-state index is 13.2. The summed E-state index contributed by atoms with van der Waals surface area (Å²) in [5.41, 5.74) is 2.59. The number of hydrogen-bond acceptors (Lipinski definition) is 4. The van der Waals surface area contributed by atoms with Crippen molar-refractivity contribution in [2.24, 2.45) is 0 Å². The highest BCUT2D eigenvalue weighted by Gasteiger charge is 2.49. The van der Waals surface area contributed by atoms with Gasteiger partial charge in [0.05, 0.1) is 22.3 Å². The molecule has 5 rings (SSSR count). The van der Waals surface area contributed by atoms with Crippen molar-refractivity contribution in [3.63, 3.8) is 0 Å². The van der Waals surface area contributed by atoms with Crippen molar-refractivity contribution >= 4 is 9.84 Å². The molecule has 0 aliphatic carbocycles. The quantitative estimate of drug-likeness (QED) is 0.337. The monoisotopic (exact) mass is 497 g/mol. The van der Waals surface area contributed by atoms with E-state index in [2.05, 4.69) is 41.3 Å². The third-order valence-corrected chi connectivity index (χ3v) is 9.01. The second-order valence-corrected chi connectivity index (χ2v) is 11.4. The van der Waals surface area contributed by atoms with Gasteiger partial charge in [0, 0.05) is 12.6 Å². The molecule has 4 aromatic rings. The predicted molar refractivity (Wildman–Crippen MR) is 143 cm³/mol. The van der Waals surface area contributed by atoms with Gasteiger partial charge in [-0.3, -0.25) is 4.90 Å². The van der Waals surface area contributed by atoms with E-state index in [0.29, 0.717) is 0 Å². The van der Waals surface area contributed by atoms with Gasteiger partial charge in [-0.25, -0.2) is 8.42 Å². The normalized spacial score (nSPS) is 17.6. The van der Waals surface area contributed by atoms with Crippen molar-refractivity contribution < 1.29 is 13.5 Å². The van der Waals surface area contributed by atoms with Crippen molar-refractivity contribution in [1.29, 1.82) is 0 Å². The molecule has 184 valence electrons. The van der Waals surface area contributed by atoms with Gasteiger partial charge in [-0.2, -0.15) is 0 Å². The van der Waals surface area contributed by atoms with E-state index < -0.39 is 21.5 Å². The summed E-state index contributed by atoms with van der Waals surface area (Å²) < 4.78 is 26.4. The average Bonchev–Trinajstić information content (AvgIpc) is 3.42. The molecular formula is C31H31NO3S. The standard InChI is InChI=1S/C31H31NO3S/c33-30(24-36(34,35)28-20-11-4-12-21-28)29-22-13-23-32(29)31(25-14-5-1-6-15-25,26-16-7-2-8-17-26)27-18-9-3-10-19-27/h1-12,14-21,29-30,33H,13,22-24H2/t29-,30?/m0/s1. The molecule has 1 fully saturated rings. The van der Waals surface area contributed by atoms with E-state index in [1.165, 1.54) is 0 Å². The molecular weight excluding hydrogens is 466 g/mol. The summed E-state index contributed by atoms with van der Waals surface area (Å²) in [5, 5.41) is 11.5. The van der Waals surface area contributed by atoms with E-state index in [9.17, 15) is 13.5 Å². The highest BCUT2D eigenvalue weighted by molar-refractivity contribution is 7.91. The minimum Gasteiger partial charge on any atom is -0.390 e. The van der Waals surface area contributed by atoms with Crippen molar-refractivity contribution in [2.45, 2.75) is 35.4 Å². The molecule has 4 nitrogen and oxygen atoms in total. The zero-order valence-corrected chi connectivity index (χ0v) is 21.0. The fraction of sp³-hybridized carbons (Fsp3) is 0.226. The summed E-state index contributed by atoms with van der Waals surface area (Å²) in [6.07, 6.45) is 0.564. The van der Waals surface area contributed by atoms with E-state index in [1.807, 2.05) is 54.6 Å². The molecule has 0 radical (unpaired) electrons. The maximum absolute atomic E-state index is 13.2. The second-order valence-electron chi connectivity index (χ2n) is 9.37. The molecule has 1 aliphatic heterocycles. The van der Waals surface area contributed by atoms with Crippen LogP contribution in [0.1, 0.15) is 29.5 Å². The Morgan fingerprint density at radius 2 is 1.14 bits per heavy atom. The van der Waals surface area contributed by atoms with Crippen molar-refractivity contribution in [1.82, 2.24) is 4.90 Å². The number of likely N-dealkylation sites (tertiary alicyclic amines) is 1. The maximum Gasteiger partial charge on any atom is 0.180 e. The molecule has 0 saturated carbocycles. The third kappa shape index (κ3) is 4.50. The first-order chi connectivity index (χ1) is 17.5. The zero-order chi connectivity index (χ0) is 25.0. The number of aliphatic hydroxyl groups excluding tert-OH is 1. The first-order valence-corrected chi connectivity index (χ1v) is 14.1. The molecule has 1 saturated heterocycles. The lowest BCUT2D eigenvalue weighted by Crippen LogP contribution is -2.54. The van der Waals surface area contributed by atoms with Crippen LogP contribution >= 0.6 is 0 Å². The van der Waals surface area contributed by atoms with Crippen LogP contribution in [-0.4, -0.2) is 42.9 Å². The third-order valence-electron chi connectivity index (χ3n) is 7.24. The number of hydrogen-bond donors (Lipinski definition) is 1. The van der Waals surface area contributed by atoms with Gasteiger partial charge < -0.3 is 5.11 Å². The predicted octanol–water partition coefficient (Wildman–Crippen LogP) is 5.28. The first kappa shape index (κ1) is 24.4. The summed E-state index contributed by atoms with van der Waals surface area (Å²) >= 11 is 0. The first-order valence-electron chi connectivity index (χ1n) is 12.4. The van der Waals surface area contributed by atoms with Crippen molar-refractivity contribution in [3.05, 3.63) is 138 Å². The van der Waals surface area contributed by atoms with Gasteiger partial charge in [0.25, 0.3) is 0 Å². The number of aliphatic hydroxyl groups is 1. The van der Waals surface area contributed by atoms with E-state index in [1.54, 1.807) is 30.3 Å². The molecule has 36 heavy (non-hydrogen) atoms. The molecule has 0 aromatic heterocycles. The molecule has 2 atom stereocenters. The van der Waals surface area contributed by atoms with Crippen LogP contribution in [0.25, 0.3) is 0 Å². The van der Waals surface area contributed by atoms with Crippen LogP contribution in [0.15, 0.2) is 126 Å². The van der Waals surface area contributed by atoms with Crippen LogP contribution in [0.4, 0.5) is 0 Å². The molecule has 1 heterocycles. The largest absolute Gasteiger partial charge is 0.390 e. The molecule has 5 heteroatoms. The van der Waals surface area contributed by atoms with E-state index >= 15 is 0 Å². The molecule has 0 bridgehead atoms. The van der Waals surface area contributed by atoms with Crippen molar-refractivity contribution in [2.75, 3.05) is 12.3 Å².